The van der Waals surface area contributed by atoms with Gasteiger partial charge in [-0.15, -0.1) is 0 Å². The molecular weight excluding hydrogens is 241 g/mol. The summed E-state index contributed by atoms with van der Waals surface area (Å²) in [5.74, 6) is 0.844. The number of fused-ring (bicyclic) bond motifs is 1. The van der Waals surface area contributed by atoms with Gasteiger partial charge in [0.1, 0.15) is 11.6 Å². The van der Waals surface area contributed by atoms with Crippen LogP contribution in [0, 0.1) is 5.82 Å². The van der Waals surface area contributed by atoms with Gasteiger partial charge in [-0.2, -0.15) is 0 Å². The summed E-state index contributed by atoms with van der Waals surface area (Å²) in [6.07, 6.45) is 4.17. The Morgan fingerprint density at radius 2 is 2.05 bits per heavy atom. The number of imidazole rings is 1. The summed E-state index contributed by atoms with van der Waals surface area (Å²) in [7, 11) is 0. The third-order valence-corrected chi connectivity index (χ3v) is 3.35. The first-order valence-corrected chi connectivity index (χ1v) is 7.00. The third-order valence-electron chi connectivity index (χ3n) is 3.35. The molecule has 0 saturated carbocycles. The van der Waals surface area contributed by atoms with E-state index in [1.54, 1.807) is 12.1 Å². The van der Waals surface area contributed by atoms with Crippen molar-refractivity contribution in [1.82, 2.24) is 9.55 Å². The molecule has 0 aliphatic carbocycles. The highest BCUT2D eigenvalue weighted by molar-refractivity contribution is 5.76. The first-order valence-electron chi connectivity index (χ1n) is 7.00. The lowest BCUT2D eigenvalue weighted by atomic mass is 10.2. The minimum Gasteiger partial charge on any atom is -0.330 e. The summed E-state index contributed by atoms with van der Waals surface area (Å²) >= 11 is 0. The molecule has 0 spiro atoms. The number of rotatable bonds is 6. The van der Waals surface area contributed by atoms with Crippen molar-refractivity contribution >= 4 is 11.0 Å². The van der Waals surface area contributed by atoms with E-state index in [0.717, 1.165) is 49.1 Å². The van der Waals surface area contributed by atoms with Crippen LogP contribution in [-0.2, 0) is 6.42 Å². The maximum atomic E-state index is 13.4. The van der Waals surface area contributed by atoms with E-state index in [0.29, 0.717) is 0 Å². The molecule has 1 heterocycles. The Hall–Kier alpha value is -1.42. The smallest absolute Gasteiger partial charge is 0.125 e. The number of nitrogens with zero attached hydrogens (tertiary/aromatic N) is 2. The van der Waals surface area contributed by atoms with E-state index < -0.39 is 0 Å². The fourth-order valence-electron chi connectivity index (χ4n) is 2.47. The van der Waals surface area contributed by atoms with Gasteiger partial charge >= 0.3 is 0 Å². The van der Waals surface area contributed by atoms with Gasteiger partial charge in [0.25, 0.3) is 0 Å². The summed E-state index contributed by atoms with van der Waals surface area (Å²) in [6.45, 7) is 4.95. The Kier molecular flexibility index (Phi) is 4.53. The number of hydrogen-bond donors (Lipinski definition) is 1. The molecule has 1 aromatic carbocycles. The van der Waals surface area contributed by atoms with Crippen molar-refractivity contribution in [1.29, 1.82) is 0 Å². The van der Waals surface area contributed by atoms with Crippen LogP contribution in [0.15, 0.2) is 18.2 Å². The fraction of sp³-hybridized carbons (Fsp3) is 0.533. The van der Waals surface area contributed by atoms with Gasteiger partial charge < -0.3 is 10.3 Å². The van der Waals surface area contributed by atoms with E-state index in [2.05, 4.69) is 23.4 Å². The monoisotopic (exact) mass is 263 g/mol. The molecule has 104 valence electrons. The summed E-state index contributed by atoms with van der Waals surface area (Å²) in [6, 6.07) is 5.09. The van der Waals surface area contributed by atoms with Crippen molar-refractivity contribution in [2.75, 3.05) is 6.54 Å². The Balaban J connectivity index is 2.29. The van der Waals surface area contributed by atoms with Crippen LogP contribution >= 0.6 is 0 Å². The number of nitrogens with two attached hydrogens (primary N) is 1. The molecule has 0 fully saturated rings. The number of aryl methyl sites for hydroxylation is 1. The number of aromatic nitrogens is 2. The van der Waals surface area contributed by atoms with E-state index in [1.165, 1.54) is 6.07 Å². The van der Waals surface area contributed by atoms with Gasteiger partial charge in [0.2, 0.25) is 0 Å². The van der Waals surface area contributed by atoms with Crippen molar-refractivity contribution in [2.45, 2.75) is 45.6 Å². The zero-order chi connectivity index (χ0) is 13.8. The standard InChI is InChI=1S/C15H22FN3/c1-11(2)19-14-10-12(16)7-8-13(14)18-15(19)6-4-3-5-9-17/h7-8,10-11H,3-6,9,17H2,1-2H3. The molecule has 0 aliphatic heterocycles. The van der Waals surface area contributed by atoms with E-state index in [4.69, 9.17) is 5.73 Å². The van der Waals surface area contributed by atoms with Crippen LogP contribution in [0.3, 0.4) is 0 Å². The van der Waals surface area contributed by atoms with Gasteiger partial charge in [-0.05, 0) is 51.4 Å². The minimum atomic E-state index is -0.205. The predicted molar refractivity (Wildman–Crippen MR) is 76.7 cm³/mol. The maximum Gasteiger partial charge on any atom is 0.125 e. The number of hydrogen-bond acceptors (Lipinski definition) is 2. The molecule has 2 rings (SSSR count). The maximum absolute atomic E-state index is 13.4. The lowest BCUT2D eigenvalue weighted by molar-refractivity contribution is 0.564. The van der Waals surface area contributed by atoms with Crippen molar-refractivity contribution < 1.29 is 4.39 Å². The SMILES string of the molecule is CC(C)n1c(CCCCCN)nc2ccc(F)cc21. The highest BCUT2D eigenvalue weighted by atomic mass is 19.1. The molecule has 19 heavy (non-hydrogen) atoms. The molecule has 0 atom stereocenters. The minimum absolute atomic E-state index is 0.205. The zero-order valence-corrected chi connectivity index (χ0v) is 11.7. The Labute approximate surface area is 113 Å². The molecule has 4 heteroatoms. The van der Waals surface area contributed by atoms with Crippen LogP contribution in [0.1, 0.15) is 45.0 Å². The van der Waals surface area contributed by atoms with Gasteiger partial charge in [-0.3, -0.25) is 0 Å². The lowest BCUT2D eigenvalue weighted by Gasteiger charge is -2.13. The fourth-order valence-corrected chi connectivity index (χ4v) is 2.47. The molecule has 0 saturated heterocycles. The lowest BCUT2D eigenvalue weighted by Crippen LogP contribution is -2.07. The summed E-state index contributed by atoms with van der Waals surface area (Å²) in [5, 5.41) is 0. The van der Waals surface area contributed by atoms with Crippen LogP contribution in [0.5, 0.6) is 0 Å². The van der Waals surface area contributed by atoms with Crippen molar-refractivity contribution in [3.05, 3.63) is 29.8 Å². The highest BCUT2D eigenvalue weighted by Crippen LogP contribution is 2.23. The van der Waals surface area contributed by atoms with E-state index in [9.17, 15) is 4.39 Å². The van der Waals surface area contributed by atoms with Crippen LogP contribution < -0.4 is 5.73 Å². The first kappa shape index (κ1) is 14.0. The first-order chi connectivity index (χ1) is 9.13. The normalized spacial score (nSPS) is 11.6. The quantitative estimate of drug-likeness (QED) is 0.811. The van der Waals surface area contributed by atoms with E-state index >= 15 is 0 Å². The predicted octanol–water partition coefficient (Wildman–Crippen LogP) is 3.43. The van der Waals surface area contributed by atoms with E-state index in [1.807, 2.05) is 0 Å². The average molecular weight is 263 g/mol. The molecule has 0 unspecified atom stereocenters. The molecule has 0 amide bonds. The van der Waals surface area contributed by atoms with Gasteiger partial charge in [0, 0.05) is 12.5 Å². The summed E-state index contributed by atoms with van der Waals surface area (Å²) in [5.41, 5.74) is 7.27. The van der Waals surface area contributed by atoms with Crippen LogP contribution in [0.25, 0.3) is 11.0 Å². The largest absolute Gasteiger partial charge is 0.330 e. The van der Waals surface area contributed by atoms with Gasteiger partial charge in [0.05, 0.1) is 11.0 Å². The molecule has 0 bridgehead atoms. The zero-order valence-electron chi connectivity index (χ0n) is 11.7. The molecule has 2 aromatic rings. The third kappa shape index (κ3) is 3.13. The second-order valence-corrected chi connectivity index (χ2v) is 5.22. The number of halogens is 1. The Morgan fingerprint density at radius 3 is 2.74 bits per heavy atom. The topological polar surface area (TPSA) is 43.8 Å². The van der Waals surface area contributed by atoms with Crippen molar-refractivity contribution in [3.63, 3.8) is 0 Å². The van der Waals surface area contributed by atoms with Crippen LogP contribution in [0.2, 0.25) is 0 Å². The van der Waals surface area contributed by atoms with Crippen LogP contribution in [0.4, 0.5) is 4.39 Å². The van der Waals surface area contributed by atoms with Crippen LogP contribution in [-0.4, -0.2) is 16.1 Å². The second-order valence-electron chi connectivity index (χ2n) is 5.22. The molecule has 0 aliphatic rings. The van der Waals surface area contributed by atoms with Gasteiger partial charge in [0.15, 0.2) is 0 Å². The molecule has 3 nitrogen and oxygen atoms in total. The number of unbranched alkanes of at least 4 members (excludes halogenated alkanes) is 2. The van der Waals surface area contributed by atoms with E-state index in [-0.39, 0.29) is 11.9 Å². The summed E-state index contributed by atoms with van der Waals surface area (Å²) < 4.78 is 15.5. The number of benzene rings is 1. The van der Waals surface area contributed by atoms with Crippen molar-refractivity contribution in [2.24, 2.45) is 5.73 Å². The molecule has 1 aromatic heterocycles. The molecular formula is C15H22FN3. The Bertz CT molecular complexity index is 546. The van der Waals surface area contributed by atoms with Gasteiger partial charge in [-0.25, -0.2) is 9.37 Å². The second kappa shape index (κ2) is 6.15. The van der Waals surface area contributed by atoms with Gasteiger partial charge in [-0.1, -0.05) is 6.42 Å². The Morgan fingerprint density at radius 1 is 1.26 bits per heavy atom. The summed E-state index contributed by atoms with van der Waals surface area (Å²) in [4.78, 5) is 4.64. The average Bonchev–Trinajstić information content (AvgIpc) is 2.72. The highest BCUT2D eigenvalue weighted by Gasteiger charge is 2.13. The molecule has 0 radical (unpaired) electrons. The van der Waals surface area contributed by atoms with Crippen molar-refractivity contribution in [3.8, 4) is 0 Å². The molecule has 2 N–H and O–H groups in total.